The van der Waals surface area contributed by atoms with Gasteiger partial charge in [0.15, 0.2) is 0 Å². The summed E-state index contributed by atoms with van der Waals surface area (Å²) in [5, 5.41) is 0. The first-order valence-corrected chi connectivity index (χ1v) is 4.60. The topological polar surface area (TPSA) is 71.5 Å². The Morgan fingerprint density at radius 3 is 2.70 bits per heavy atom. The molecule has 1 unspecified atom stereocenters. The maximum absolute atomic E-state index is 8.79. The molecule has 1 atom stereocenters. The fraction of sp³-hybridized carbons (Fsp3) is 1.00. The van der Waals surface area contributed by atoms with Gasteiger partial charge >= 0.3 is 9.05 Å². The van der Waals surface area contributed by atoms with Crippen molar-refractivity contribution in [2.75, 3.05) is 20.3 Å². The van der Waals surface area contributed by atoms with Crippen molar-refractivity contribution in [2.24, 2.45) is 0 Å². The Labute approximate surface area is 59.6 Å². The Morgan fingerprint density at radius 1 is 1.70 bits per heavy atom. The molecule has 1 fully saturated rings. The molecule has 10 heavy (non-hydrogen) atoms. The molecule has 0 amide bonds. The number of hydrogen-bond donors (Lipinski definition) is 2. The van der Waals surface area contributed by atoms with Crippen LogP contribution in [0.3, 0.4) is 0 Å². The fourth-order valence-electron chi connectivity index (χ4n) is 0.425. The molecule has 0 radical (unpaired) electrons. The Hall–Kier alpha value is 0.0169. The van der Waals surface area contributed by atoms with Crippen molar-refractivity contribution >= 4 is 9.05 Å². The van der Waals surface area contributed by atoms with E-state index in [-0.39, 0.29) is 12.7 Å². The summed E-state index contributed by atoms with van der Waals surface area (Å²) in [7, 11) is -2.59. The second kappa shape index (κ2) is 2.95. The van der Waals surface area contributed by atoms with E-state index in [2.05, 4.69) is 8.85 Å². The normalized spacial score (nSPS) is 24.9. The van der Waals surface area contributed by atoms with Gasteiger partial charge in [-0.1, -0.05) is 0 Å². The lowest BCUT2D eigenvalue weighted by atomic mass is 10.5. The summed E-state index contributed by atoms with van der Waals surface area (Å²) in [6, 6.07) is 0. The van der Waals surface area contributed by atoms with E-state index in [0.29, 0.717) is 6.61 Å². The van der Waals surface area contributed by atoms with Crippen molar-refractivity contribution in [3.63, 3.8) is 0 Å². The van der Waals surface area contributed by atoms with Gasteiger partial charge in [0.25, 0.3) is 0 Å². The van der Waals surface area contributed by atoms with Gasteiger partial charge in [-0.3, -0.25) is 0 Å². The highest BCUT2D eigenvalue weighted by molar-refractivity contribution is 6.50. The zero-order chi connectivity index (χ0) is 7.61. The van der Waals surface area contributed by atoms with Crippen LogP contribution >= 0.6 is 0 Å². The SMILES string of the molecule is CO[Si](O)(O)OCC1CO1. The van der Waals surface area contributed by atoms with Crippen molar-refractivity contribution in [1.82, 2.24) is 0 Å². The number of ether oxygens (including phenoxy) is 1. The third-order valence-electron chi connectivity index (χ3n) is 1.13. The van der Waals surface area contributed by atoms with Crippen molar-refractivity contribution in [3.05, 3.63) is 0 Å². The third-order valence-corrected chi connectivity index (χ3v) is 2.20. The van der Waals surface area contributed by atoms with Gasteiger partial charge in [0, 0.05) is 7.11 Å². The van der Waals surface area contributed by atoms with Gasteiger partial charge in [-0.15, -0.1) is 0 Å². The zero-order valence-electron chi connectivity index (χ0n) is 5.61. The molecule has 1 aliphatic heterocycles. The highest BCUT2D eigenvalue weighted by atomic mass is 28.4. The van der Waals surface area contributed by atoms with Crippen LogP contribution in [0.25, 0.3) is 0 Å². The average Bonchev–Trinajstić information content (AvgIpc) is 2.66. The molecule has 1 heterocycles. The largest absolute Gasteiger partial charge is 0.673 e. The summed E-state index contributed by atoms with van der Waals surface area (Å²) in [5.41, 5.74) is 0. The lowest BCUT2D eigenvalue weighted by Gasteiger charge is -2.12. The molecule has 2 N–H and O–H groups in total. The molecule has 1 rings (SSSR count). The molecule has 0 aromatic carbocycles. The third kappa shape index (κ3) is 2.73. The quantitative estimate of drug-likeness (QED) is 0.391. The Bertz CT molecular complexity index is 112. The first kappa shape index (κ1) is 8.12. The molecule has 0 aromatic rings. The minimum absolute atomic E-state index is 0.0290. The van der Waals surface area contributed by atoms with Gasteiger partial charge in [-0.05, 0) is 0 Å². The maximum Gasteiger partial charge on any atom is 0.673 e. The number of hydrogen-bond acceptors (Lipinski definition) is 5. The fourth-order valence-corrected chi connectivity index (χ4v) is 0.946. The predicted octanol–water partition coefficient (Wildman–Crippen LogP) is -1.53. The van der Waals surface area contributed by atoms with Gasteiger partial charge in [-0.2, -0.15) is 0 Å². The van der Waals surface area contributed by atoms with E-state index in [1.807, 2.05) is 0 Å². The van der Waals surface area contributed by atoms with Crippen LogP contribution in [-0.2, 0) is 13.6 Å². The van der Waals surface area contributed by atoms with E-state index in [0.717, 1.165) is 0 Å². The summed E-state index contributed by atoms with van der Waals surface area (Å²) in [6.07, 6.45) is 0.0290. The lowest BCUT2D eigenvalue weighted by Crippen LogP contribution is -2.42. The number of epoxide rings is 1. The van der Waals surface area contributed by atoms with Crippen LogP contribution in [0.15, 0.2) is 0 Å². The molecule has 1 aliphatic rings. The average molecular weight is 166 g/mol. The Kier molecular flexibility index (Phi) is 2.39. The minimum atomic E-state index is -3.78. The van der Waals surface area contributed by atoms with Crippen LogP contribution < -0.4 is 0 Å². The molecule has 0 aromatic heterocycles. The van der Waals surface area contributed by atoms with Crippen LogP contribution in [-0.4, -0.2) is 45.1 Å². The van der Waals surface area contributed by atoms with Crippen molar-refractivity contribution in [3.8, 4) is 0 Å². The molecule has 0 spiro atoms. The van der Waals surface area contributed by atoms with Gasteiger partial charge in [0.05, 0.1) is 13.2 Å². The monoisotopic (exact) mass is 166 g/mol. The smallest absolute Gasteiger partial charge is 0.371 e. The van der Waals surface area contributed by atoms with Crippen LogP contribution in [0.2, 0.25) is 0 Å². The number of rotatable bonds is 4. The van der Waals surface area contributed by atoms with E-state index in [4.69, 9.17) is 14.3 Å². The molecule has 0 saturated carbocycles. The molecule has 5 nitrogen and oxygen atoms in total. The van der Waals surface area contributed by atoms with E-state index < -0.39 is 9.05 Å². The molecule has 1 saturated heterocycles. The molecular formula is C4H10O5Si. The highest BCUT2D eigenvalue weighted by Gasteiger charge is 2.37. The van der Waals surface area contributed by atoms with E-state index >= 15 is 0 Å². The summed E-state index contributed by atoms with van der Waals surface area (Å²) < 4.78 is 13.7. The molecular weight excluding hydrogens is 156 g/mol. The van der Waals surface area contributed by atoms with E-state index in [1.165, 1.54) is 7.11 Å². The lowest BCUT2D eigenvalue weighted by molar-refractivity contribution is 0.0370. The van der Waals surface area contributed by atoms with Crippen molar-refractivity contribution in [2.45, 2.75) is 6.10 Å². The molecule has 60 valence electrons. The Balaban J connectivity index is 2.09. The summed E-state index contributed by atoms with van der Waals surface area (Å²) >= 11 is 0. The second-order valence-electron chi connectivity index (χ2n) is 2.02. The van der Waals surface area contributed by atoms with Gasteiger partial charge in [0.1, 0.15) is 6.10 Å². The maximum atomic E-state index is 8.79. The first-order chi connectivity index (χ1) is 4.64. The van der Waals surface area contributed by atoms with Crippen LogP contribution in [0.1, 0.15) is 0 Å². The van der Waals surface area contributed by atoms with E-state index in [9.17, 15) is 0 Å². The van der Waals surface area contributed by atoms with E-state index in [1.54, 1.807) is 0 Å². The summed E-state index contributed by atoms with van der Waals surface area (Å²) in [4.78, 5) is 17.6. The van der Waals surface area contributed by atoms with Crippen LogP contribution in [0, 0.1) is 0 Å². The zero-order valence-corrected chi connectivity index (χ0v) is 6.61. The Morgan fingerprint density at radius 2 is 2.30 bits per heavy atom. The van der Waals surface area contributed by atoms with Gasteiger partial charge in [-0.25, -0.2) is 0 Å². The van der Waals surface area contributed by atoms with Gasteiger partial charge in [0.2, 0.25) is 0 Å². The second-order valence-corrected chi connectivity index (χ2v) is 3.81. The molecule has 6 heteroatoms. The summed E-state index contributed by atoms with van der Waals surface area (Å²) in [6.45, 7) is 0.835. The summed E-state index contributed by atoms with van der Waals surface area (Å²) in [5.74, 6) is 0. The standard InChI is InChI=1S/C4H10O5Si/c1-7-10(5,6)9-3-4-2-8-4/h4-6H,2-3H2,1H3. The predicted molar refractivity (Wildman–Crippen MR) is 32.9 cm³/mol. The van der Waals surface area contributed by atoms with Crippen LogP contribution in [0.5, 0.6) is 0 Å². The highest BCUT2D eigenvalue weighted by Crippen LogP contribution is 2.10. The molecule has 0 aliphatic carbocycles. The van der Waals surface area contributed by atoms with Crippen LogP contribution in [0.4, 0.5) is 0 Å². The first-order valence-electron chi connectivity index (χ1n) is 2.89. The molecule has 0 bridgehead atoms. The van der Waals surface area contributed by atoms with Crippen molar-refractivity contribution < 1.29 is 23.2 Å². The van der Waals surface area contributed by atoms with Crippen molar-refractivity contribution in [1.29, 1.82) is 0 Å². The van der Waals surface area contributed by atoms with Gasteiger partial charge < -0.3 is 23.2 Å². The minimum Gasteiger partial charge on any atom is -0.371 e.